The number of fused-ring (bicyclic) bond motifs is 1. The Labute approximate surface area is 83.3 Å². The van der Waals surface area contributed by atoms with E-state index >= 15 is 0 Å². The van der Waals surface area contributed by atoms with Crippen LogP contribution in [0.15, 0.2) is 48.5 Å². The minimum atomic E-state index is 0.329. The number of benzene rings is 2. The lowest BCUT2D eigenvalue weighted by molar-refractivity contribution is 0.511. The van der Waals surface area contributed by atoms with Crippen molar-refractivity contribution in [1.29, 1.82) is 0 Å². The normalized spacial score (nSPS) is 11.9. The Balaban J connectivity index is 2.62. The first-order valence-electron chi connectivity index (χ1n) is 4.66. The van der Waals surface area contributed by atoms with Gasteiger partial charge in [0.2, 0.25) is 0 Å². The summed E-state index contributed by atoms with van der Waals surface area (Å²) in [5, 5.41) is 11.9. The molecule has 2 aromatic carbocycles. The first kappa shape index (κ1) is 8.82. The Morgan fingerprint density at radius 2 is 1.79 bits per heavy atom. The summed E-state index contributed by atoms with van der Waals surface area (Å²) >= 11 is 0. The van der Waals surface area contributed by atoms with Crippen LogP contribution in [0.25, 0.3) is 16.5 Å². The van der Waals surface area contributed by atoms with Crippen LogP contribution in [0.2, 0.25) is 0 Å². The highest BCUT2D eigenvalue weighted by Crippen LogP contribution is 2.19. The largest absolute Gasteiger partial charge is 0.508 e. The molecule has 0 unspecified atom stereocenters. The number of aliphatic hydroxyl groups excluding tert-OH is 1. The molecule has 0 aromatic heterocycles. The van der Waals surface area contributed by atoms with Crippen LogP contribution in [-0.4, -0.2) is 5.11 Å². The van der Waals surface area contributed by atoms with Crippen molar-refractivity contribution >= 4 is 16.5 Å². The van der Waals surface area contributed by atoms with Crippen molar-refractivity contribution in [3.8, 4) is 0 Å². The predicted octanol–water partition coefficient (Wildman–Crippen LogP) is 3.76. The van der Waals surface area contributed by atoms with Crippen molar-refractivity contribution in [3.05, 3.63) is 54.1 Å². The van der Waals surface area contributed by atoms with E-state index in [1.807, 2.05) is 43.3 Å². The van der Waals surface area contributed by atoms with Gasteiger partial charge in [0.25, 0.3) is 0 Å². The molecule has 0 spiro atoms. The molecule has 0 aliphatic carbocycles. The van der Waals surface area contributed by atoms with Crippen molar-refractivity contribution in [2.75, 3.05) is 0 Å². The average molecular weight is 184 g/mol. The van der Waals surface area contributed by atoms with Crippen LogP contribution in [-0.2, 0) is 0 Å². The number of rotatable bonds is 1. The summed E-state index contributed by atoms with van der Waals surface area (Å²) in [7, 11) is 0. The van der Waals surface area contributed by atoms with Crippen LogP contribution >= 0.6 is 0 Å². The smallest absolute Gasteiger partial charge is 0.118 e. The lowest BCUT2D eigenvalue weighted by Crippen LogP contribution is -1.82. The topological polar surface area (TPSA) is 20.2 Å². The fourth-order valence-electron chi connectivity index (χ4n) is 1.52. The minimum absolute atomic E-state index is 0.329. The zero-order chi connectivity index (χ0) is 9.97. The van der Waals surface area contributed by atoms with Crippen LogP contribution < -0.4 is 0 Å². The van der Waals surface area contributed by atoms with Crippen LogP contribution in [0.1, 0.15) is 12.5 Å². The maximum Gasteiger partial charge on any atom is 0.118 e. The van der Waals surface area contributed by atoms with E-state index in [9.17, 15) is 5.11 Å². The van der Waals surface area contributed by atoms with Gasteiger partial charge in [-0.25, -0.2) is 0 Å². The fourth-order valence-corrected chi connectivity index (χ4v) is 1.52. The van der Waals surface area contributed by atoms with Crippen molar-refractivity contribution in [3.63, 3.8) is 0 Å². The molecule has 1 nitrogen and oxygen atoms in total. The second kappa shape index (κ2) is 3.54. The standard InChI is InChI=1S/C13H12O/c1-2-13(14)12-8-7-10-5-3-4-6-11(10)9-12/h2-9,14H,1H3/b13-2-. The second-order valence-electron chi connectivity index (χ2n) is 3.24. The fraction of sp³-hybridized carbons (Fsp3) is 0.0769. The molecule has 0 saturated heterocycles. The molecule has 0 aliphatic rings. The van der Waals surface area contributed by atoms with Gasteiger partial charge in [0, 0.05) is 5.56 Å². The third kappa shape index (κ3) is 1.49. The molecule has 0 aliphatic heterocycles. The van der Waals surface area contributed by atoms with E-state index in [-0.39, 0.29) is 0 Å². The maximum atomic E-state index is 9.55. The molecule has 2 aromatic rings. The summed E-state index contributed by atoms with van der Waals surface area (Å²) in [6, 6.07) is 14.1. The third-order valence-electron chi connectivity index (χ3n) is 2.32. The predicted molar refractivity (Wildman–Crippen MR) is 60.2 cm³/mol. The highest BCUT2D eigenvalue weighted by atomic mass is 16.3. The maximum absolute atomic E-state index is 9.55. The van der Waals surface area contributed by atoms with Gasteiger partial charge < -0.3 is 5.11 Å². The van der Waals surface area contributed by atoms with E-state index in [1.54, 1.807) is 6.08 Å². The summed E-state index contributed by atoms with van der Waals surface area (Å²) in [5.41, 5.74) is 0.867. The quantitative estimate of drug-likeness (QED) is 0.669. The molecule has 70 valence electrons. The third-order valence-corrected chi connectivity index (χ3v) is 2.32. The Hall–Kier alpha value is -1.76. The second-order valence-corrected chi connectivity index (χ2v) is 3.24. The Morgan fingerprint density at radius 3 is 2.50 bits per heavy atom. The van der Waals surface area contributed by atoms with Gasteiger partial charge >= 0.3 is 0 Å². The molecular formula is C13H12O. The summed E-state index contributed by atoms with van der Waals surface area (Å²) in [6.07, 6.45) is 1.70. The van der Waals surface area contributed by atoms with E-state index in [0.29, 0.717) is 5.76 Å². The van der Waals surface area contributed by atoms with E-state index in [1.165, 1.54) is 5.39 Å². The Kier molecular flexibility index (Phi) is 2.23. The zero-order valence-electron chi connectivity index (χ0n) is 8.07. The van der Waals surface area contributed by atoms with E-state index in [2.05, 4.69) is 6.07 Å². The number of allylic oxidation sites excluding steroid dienone is 1. The first-order valence-corrected chi connectivity index (χ1v) is 4.66. The monoisotopic (exact) mass is 184 g/mol. The molecule has 1 N–H and O–H groups in total. The lowest BCUT2D eigenvalue weighted by atomic mass is 10.1. The van der Waals surface area contributed by atoms with Crippen molar-refractivity contribution in [1.82, 2.24) is 0 Å². The van der Waals surface area contributed by atoms with E-state index in [0.717, 1.165) is 10.9 Å². The molecule has 0 heterocycles. The lowest BCUT2D eigenvalue weighted by Gasteiger charge is -2.02. The van der Waals surface area contributed by atoms with E-state index < -0.39 is 0 Å². The van der Waals surface area contributed by atoms with Gasteiger partial charge in [-0.1, -0.05) is 36.4 Å². The van der Waals surface area contributed by atoms with Gasteiger partial charge in [-0.3, -0.25) is 0 Å². The van der Waals surface area contributed by atoms with Crippen LogP contribution in [0.4, 0.5) is 0 Å². The molecule has 0 saturated carbocycles. The Morgan fingerprint density at radius 1 is 1.07 bits per heavy atom. The summed E-state index contributed by atoms with van der Waals surface area (Å²) < 4.78 is 0. The van der Waals surface area contributed by atoms with Gasteiger partial charge in [-0.15, -0.1) is 0 Å². The highest BCUT2D eigenvalue weighted by molar-refractivity contribution is 5.85. The van der Waals surface area contributed by atoms with Crippen molar-refractivity contribution in [2.24, 2.45) is 0 Å². The highest BCUT2D eigenvalue weighted by Gasteiger charge is 1.98. The van der Waals surface area contributed by atoms with Crippen LogP contribution in [0, 0.1) is 0 Å². The van der Waals surface area contributed by atoms with Crippen molar-refractivity contribution in [2.45, 2.75) is 6.92 Å². The number of hydrogen-bond donors (Lipinski definition) is 1. The Bertz CT molecular complexity index is 483. The van der Waals surface area contributed by atoms with Crippen molar-refractivity contribution < 1.29 is 5.11 Å². The molecule has 14 heavy (non-hydrogen) atoms. The van der Waals surface area contributed by atoms with Gasteiger partial charge in [0.15, 0.2) is 0 Å². The molecule has 0 fully saturated rings. The number of aliphatic hydroxyl groups is 1. The van der Waals surface area contributed by atoms with Crippen LogP contribution in [0.3, 0.4) is 0 Å². The number of hydrogen-bond acceptors (Lipinski definition) is 1. The van der Waals surface area contributed by atoms with Gasteiger partial charge in [-0.2, -0.15) is 0 Å². The zero-order valence-corrected chi connectivity index (χ0v) is 8.07. The summed E-state index contributed by atoms with van der Waals surface area (Å²) in [4.78, 5) is 0. The van der Waals surface area contributed by atoms with Gasteiger partial charge in [0.05, 0.1) is 0 Å². The molecular weight excluding hydrogens is 172 g/mol. The molecule has 0 radical (unpaired) electrons. The average Bonchev–Trinajstić information content (AvgIpc) is 2.27. The van der Waals surface area contributed by atoms with Gasteiger partial charge in [0.1, 0.15) is 5.76 Å². The van der Waals surface area contributed by atoms with E-state index in [4.69, 9.17) is 0 Å². The van der Waals surface area contributed by atoms with Gasteiger partial charge in [-0.05, 0) is 29.8 Å². The first-order chi connectivity index (χ1) is 6.81. The molecule has 1 heteroatoms. The molecule has 0 atom stereocenters. The molecule has 2 rings (SSSR count). The van der Waals surface area contributed by atoms with Crippen LogP contribution in [0.5, 0.6) is 0 Å². The molecule has 0 bridgehead atoms. The molecule has 0 amide bonds. The SMILES string of the molecule is C/C=C(\O)c1ccc2ccccc2c1. The minimum Gasteiger partial charge on any atom is -0.508 e. The summed E-state index contributed by atoms with van der Waals surface area (Å²) in [6.45, 7) is 1.82. The summed E-state index contributed by atoms with van der Waals surface area (Å²) in [5.74, 6) is 0.329.